The van der Waals surface area contributed by atoms with Crippen LogP contribution in [0.15, 0.2) is 24.5 Å². The van der Waals surface area contributed by atoms with E-state index >= 15 is 0 Å². The number of aromatic amines is 1. The molecule has 1 saturated heterocycles. The summed E-state index contributed by atoms with van der Waals surface area (Å²) in [5.74, 6) is 0.0997. The van der Waals surface area contributed by atoms with Gasteiger partial charge in [-0.3, -0.25) is 9.59 Å². The Hall–Kier alpha value is -2.56. The number of benzene rings is 1. The van der Waals surface area contributed by atoms with Crippen molar-refractivity contribution in [2.24, 2.45) is 0 Å². The molecular weight excluding hydrogens is 314 g/mol. The number of aromatic nitrogens is 1. The van der Waals surface area contributed by atoms with Gasteiger partial charge in [0.05, 0.1) is 5.56 Å². The molecule has 2 amide bonds. The zero-order chi connectivity index (χ0) is 18.1. The molecule has 1 aromatic heterocycles. The molecule has 1 fully saturated rings. The number of nitrogens with one attached hydrogen (secondary N) is 1. The zero-order valence-electron chi connectivity index (χ0n) is 15.3. The first-order valence-electron chi connectivity index (χ1n) is 8.69. The highest BCUT2D eigenvalue weighted by atomic mass is 16.2. The first-order chi connectivity index (χ1) is 11.9. The normalized spacial score (nSPS) is 14.7. The number of aryl methyl sites for hydroxylation is 2. The summed E-state index contributed by atoms with van der Waals surface area (Å²) in [5, 5.41) is 0. The van der Waals surface area contributed by atoms with Gasteiger partial charge >= 0.3 is 0 Å². The molecule has 0 saturated carbocycles. The summed E-state index contributed by atoms with van der Waals surface area (Å²) in [6.07, 6.45) is 3.46. The summed E-state index contributed by atoms with van der Waals surface area (Å²) in [6.45, 7) is 10.4. The Bertz CT molecular complexity index is 775. The maximum Gasteiger partial charge on any atom is 0.255 e. The van der Waals surface area contributed by atoms with Crippen LogP contribution in [0.1, 0.15) is 43.0 Å². The minimum Gasteiger partial charge on any atom is -0.367 e. The lowest BCUT2D eigenvalue weighted by molar-refractivity contribution is 0.0534. The fourth-order valence-corrected chi connectivity index (χ4v) is 3.45. The molecule has 0 radical (unpaired) electrons. The third-order valence-corrected chi connectivity index (χ3v) is 5.28. The lowest BCUT2D eigenvalue weighted by Gasteiger charge is -2.35. The average molecular weight is 339 g/mol. The summed E-state index contributed by atoms with van der Waals surface area (Å²) in [7, 11) is 0. The fourth-order valence-electron chi connectivity index (χ4n) is 3.45. The van der Waals surface area contributed by atoms with E-state index in [2.05, 4.69) is 11.1 Å². The third-order valence-electron chi connectivity index (χ3n) is 5.28. The number of carbonyl (C=O) groups is 2. The maximum atomic E-state index is 13.1. The quantitative estimate of drug-likeness (QED) is 0.915. The minimum absolute atomic E-state index is 0.0205. The summed E-state index contributed by atoms with van der Waals surface area (Å²) in [4.78, 5) is 32.1. The van der Waals surface area contributed by atoms with E-state index in [1.165, 1.54) is 0 Å². The van der Waals surface area contributed by atoms with Crippen LogP contribution in [0.4, 0.5) is 0 Å². The summed E-state index contributed by atoms with van der Waals surface area (Å²) >= 11 is 0. The topological polar surface area (TPSA) is 56.4 Å². The van der Waals surface area contributed by atoms with Crippen molar-refractivity contribution >= 4 is 11.8 Å². The van der Waals surface area contributed by atoms with E-state index in [1.54, 1.807) is 18.5 Å². The molecule has 132 valence electrons. The first kappa shape index (κ1) is 17.3. The molecule has 0 bridgehead atoms. The van der Waals surface area contributed by atoms with Crippen LogP contribution in [-0.4, -0.2) is 52.8 Å². The zero-order valence-corrected chi connectivity index (χ0v) is 15.3. The van der Waals surface area contributed by atoms with Gasteiger partial charge in [-0.05, 0) is 56.0 Å². The van der Waals surface area contributed by atoms with E-state index in [9.17, 15) is 9.59 Å². The van der Waals surface area contributed by atoms with E-state index in [-0.39, 0.29) is 11.8 Å². The molecule has 3 rings (SSSR count). The van der Waals surface area contributed by atoms with Crippen LogP contribution in [0.2, 0.25) is 0 Å². The van der Waals surface area contributed by atoms with Crippen molar-refractivity contribution in [3.63, 3.8) is 0 Å². The van der Waals surface area contributed by atoms with Crippen LogP contribution >= 0.6 is 0 Å². The van der Waals surface area contributed by atoms with Gasteiger partial charge in [0, 0.05) is 44.1 Å². The highest BCUT2D eigenvalue weighted by molar-refractivity contribution is 5.98. The molecule has 5 nitrogen and oxygen atoms in total. The predicted octanol–water partition coefficient (Wildman–Crippen LogP) is 2.85. The van der Waals surface area contributed by atoms with Gasteiger partial charge in [0.25, 0.3) is 11.8 Å². The van der Waals surface area contributed by atoms with Crippen molar-refractivity contribution in [1.82, 2.24) is 14.8 Å². The largest absolute Gasteiger partial charge is 0.367 e. The molecule has 5 heteroatoms. The predicted molar refractivity (Wildman–Crippen MR) is 98.0 cm³/mol. The molecule has 1 aromatic carbocycles. The van der Waals surface area contributed by atoms with Crippen molar-refractivity contribution < 1.29 is 9.59 Å². The molecule has 2 aromatic rings. The SMILES string of the molecule is Cc1cc(C)c(C)c(C(=O)N2CCN(C(=O)c3cc[nH]c3)CC2)c1C. The van der Waals surface area contributed by atoms with E-state index in [4.69, 9.17) is 0 Å². The van der Waals surface area contributed by atoms with Crippen LogP contribution in [-0.2, 0) is 0 Å². The standard InChI is InChI=1S/C20H25N3O2/c1-13-11-14(2)16(4)18(15(13)3)20(25)23-9-7-22(8-10-23)19(24)17-5-6-21-12-17/h5-6,11-12,21H,7-10H2,1-4H3. The number of amides is 2. The second kappa shape index (κ2) is 6.75. The van der Waals surface area contributed by atoms with Gasteiger partial charge in [-0.2, -0.15) is 0 Å². The molecule has 0 atom stereocenters. The van der Waals surface area contributed by atoms with Gasteiger partial charge in [-0.25, -0.2) is 0 Å². The third kappa shape index (κ3) is 3.18. The van der Waals surface area contributed by atoms with Crippen molar-refractivity contribution in [1.29, 1.82) is 0 Å². The number of hydrogen-bond donors (Lipinski definition) is 1. The molecular formula is C20H25N3O2. The van der Waals surface area contributed by atoms with Crippen molar-refractivity contribution in [3.8, 4) is 0 Å². The van der Waals surface area contributed by atoms with Crippen LogP contribution in [0.3, 0.4) is 0 Å². The monoisotopic (exact) mass is 339 g/mol. The molecule has 1 N–H and O–H groups in total. The number of rotatable bonds is 2. The Kier molecular flexibility index (Phi) is 4.66. The molecule has 1 aliphatic heterocycles. The van der Waals surface area contributed by atoms with Crippen LogP contribution in [0, 0.1) is 27.7 Å². The van der Waals surface area contributed by atoms with E-state index in [0.717, 1.165) is 27.8 Å². The summed E-state index contributed by atoms with van der Waals surface area (Å²) in [5.41, 5.74) is 5.89. The van der Waals surface area contributed by atoms with Gasteiger partial charge in [0.15, 0.2) is 0 Å². The Balaban J connectivity index is 1.73. The van der Waals surface area contributed by atoms with Crippen molar-refractivity contribution in [2.75, 3.05) is 26.2 Å². The van der Waals surface area contributed by atoms with Crippen LogP contribution in [0.25, 0.3) is 0 Å². The molecule has 0 unspecified atom stereocenters. The average Bonchev–Trinajstić information content (AvgIpc) is 3.14. The second-order valence-electron chi connectivity index (χ2n) is 6.82. The number of H-pyrrole nitrogens is 1. The van der Waals surface area contributed by atoms with Crippen molar-refractivity contribution in [2.45, 2.75) is 27.7 Å². The molecule has 2 heterocycles. The molecule has 0 aliphatic carbocycles. The number of nitrogens with zero attached hydrogens (tertiary/aromatic N) is 2. The fraction of sp³-hybridized carbons (Fsp3) is 0.400. The summed E-state index contributed by atoms with van der Waals surface area (Å²) < 4.78 is 0. The lowest BCUT2D eigenvalue weighted by Crippen LogP contribution is -2.50. The van der Waals surface area contributed by atoms with Gasteiger partial charge < -0.3 is 14.8 Å². The van der Waals surface area contributed by atoms with E-state index < -0.39 is 0 Å². The van der Waals surface area contributed by atoms with Crippen molar-refractivity contribution in [3.05, 3.63) is 57.9 Å². The first-order valence-corrected chi connectivity index (χ1v) is 8.69. The highest BCUT2D eigenvalue weighted by Crippen LogP contribution is 2.23. The highest BCUT2D eigenvalue weighted by Gasteiger charge is 2.27. The molecule has 25 heavy (non-hydrogen) atoms. The Morgan fingerprint density at radius 3 is 1.88 bits per heavy atom. The summed E-state index contributed by atoms with van der Waals surface area (Å²) in [6, 6.07) is 3.91. The smallest absolute Gasteiger partial charge is 0.255 e. The number of carbonyl (C=O) groups excluding carboxylic acids is 2. The number of piperazine rings is 1. The van der Waals surface area contributed by atoms with E-state index in [1.807, 2.05) is 37.5 Å². The van der Waals surface area contributed by atoms with Gasteiger partial charge in [0.1, 0.15) is 0 Å². The Morgan fingerprint density at radius 2 is 1.40 bits per heavy atom. The van der Waals surface area contributed by atoms with Gasteiger partial charge in [0.2, 0.25) is 0 Å². The van der Waals surface area contributed by atoms with E-state index in [0.29, 0.717) is 31.7 Å². The maximum absolute atomic E-state index is 13.1. The van der Waals surface area contributed by atoms with Gasteiger partial charge in [-0.15, -0.1) is 0 Å². The lowest BCUT2D eigenvalue weighted by atomic mass is 9.93. The molecule has 0 spiro atoms. The minimum atomic E-state index is 0.0205. The molecule has 1 aliphatic rings. The Morgan fingerprint density at radius 1 is 0.880 bits per heavy atom. The van der Waals surface area contributed by atoms with Crippen LogP contribution in [0.5, 0.6) is 0 Å². The van der Waals surface area contributed by atoms with Gasteiger partial charge in [-0.1, -0.05) is 6.07 Å². The van der Waals surface area contributed by atoms with Crippen LogP contribution < -0.4 is 0 Å². The number of hydrogen-bond acceptors (Lipinski definition) is 2. The second-order valence-corrected chi connectivity index (χ2v) is 6.82. The Labute approximate surface area is 148 Å².